The lowest BCUT2D eigenvalue weighted by Gasteiger charge is -2.34. The standard InChI is InChI=1S/C18H17N3O2S2/c1-10(22)19-17-16(18-20-13-4-2-3-5-14(13)24-18)12-6-21(7-15(12)25-17)11-8-23-9-11/h2-5,11H,6-9H2,1H3,(H,19,22). The van der Waals surface area contributed by atoms with E-state index in [1.54, 1.807) is 29.6 Å². The van der Waals surface area contributed by atoms with Crippen LogP contribution in [-0.2, 0) is 22.6 Å². The van der Waals surface area contributed by atoms with Gasteiger partial charge in [-0.25, -0.2) is 4.98 Å². The maximum atomic E-state index is 11.7. The summed E-state index contributed by atoms with van der Waals surface area (Å²) in [6, 6.07) is 8.70. The van der Waals surface area contributed by atoms with E-state index in [9.17, 15) is 4.79 Å². The van der Waals surface area contributed by atoms with E-state index in [-0.39, 0.29) is 5.91 Å². The average molecular weight is 371 g/mol. The first-order valence-corrected chi connectivity index (χ1v) is 9.92. The van der Waals surface area contributed by atoms with E-state index in [2.05, 4.69) is 16.3 Å². The maximum absolute atomic E-state index is 11.7. The molecule has 5 rings (SSSR count). The van der Waals surface area contributed by atoms with Gasteiger partial charge in [-0.15, -0.1) is 22.7 Å². The lowest BCUT2D eigenvalue weighted by atomic mass is 10.1. The number of rotatable bonds is 3. The fourth-order valence-electron chi connectivity index (χ4n) is 3.40. The number of para-hydroxylation sites is 1. The highest BCUT2D eigenvalue weighted by Crippen LogP contribution is 2.47. The number of aromatic nitrogens is 1. The molecule has 2 aliphatic heterocycles. The monoisotopic (exact) mass is 371 g/mol. The molecule has 7 heteroatoms. The quantitative estimate of drug-likeness (QED) is 0.763. The SMILES string of the molecule is CC(=O)Nc1sc2c(c1-c1nc3ccccc3s1)CN(C1COC1)C2. The summed E-state index contributed by atoms with van der Waals surface area (Å²) in [6.07, 6.45) is 0. The molecule has 1 aromatic carbocycles. The van der Waals surface area contributed by atoms with Gasteiger partial charge in [-0.05, 0) is 17.7 Å². The van der Waals surface area contributed by atoms with Crippen LogP contribution in [0.5, 0.6) is 0 Å². The minimum absolute atomic E-state index is 0.0356. The Morgan fingerprint density at radius 1 is 1.28 bits per heavy atom. The molecule has 4 heterocycles. The number of thiophene rings is 1. The van der Waals surface area contributed by atoms with Crippen molar-refractivity contribution in [2.75, 3.05) is 18.5 Å². The molecule has 25 heavy (non-hydrogen) atoms. The number of benzene rings is 1. The van der Waals surface area contributed by atoms with Crippen LogP contribution in [0.4, 0.5) is 5.00 Å². The summed E-state index contributed by atoms with van der Waals surface area (Å²) in [5.74, 6) is -0.0356. The number of hydrogen-bond donors (Lipinski definition) is 1. The highest BCUT2D eigenvalue weighted by atomic mass is 32.1. The van der Waals surface area contributed by atoms with Crippen LogP contribution < -0.4 is 5.32 Å². The molecular formula is C18H17N3O2S2. The summed E-state index contributed by atoms with van der Waals surface area (Å²) < 4.78 is 6.52. The molecule has 2 aliphatic rings. The zero-order valence-corrected chi connectivity index (χ0v) is 15.4. The van der Waals surface area contributed by atoms with E-state index in [4.69, 9.17) is 9.72 Å². The highest BCUT2D eigenvalue weighted by molar-refractivity contribution is 7.22. The van der Waals surface area contributed by atoms with E-state index in [1.807, 2.05) is 18.2 Å². The van der Waals surface area contributed by atoms with Crippen LogP contribution in [0, 0.1) is 0 Å². The van der Waals surface area contributed by atoms with Crippen molar-refractivity contribution in [1.29, 1.82) is 0 Å². The number of anilines is 1. The molecule has 128 valence electrons. The van der Waals surface area contributed by atoms with Crippen molar-refractivity contribution in [3.8, 4) is 10.6 Å². The molecule has 0 unspecified atom stereocenters. The van der Waals surface area contributed by atoms with Gasteiger partial charge in [0.25, 0.3) is 0 Å². The Kier molecular flexibility index (Phi) is 3.63. The Hall–Kier alpha value is -1.80. The van der Waals surface area contributed by atoms with E-state index in [0.717, 1.165) is 47.4 Å². The van der Waals surface area contributed by atoms with Crippen molar-refractivity contribution in [3.05, 3.63) is 34.7 Å². The molecule has 0 spiro atoms. The fraction of sp³-hybridized carbons (Fsp3) is 0.333. The molecule has 3 aromatic rings. The third-order valence-corrected chi connectivity index (χ3v) is 6.92. The first-order chi connectivity index (χ1) is 12.2. The summed E-state index contributed by atoms with van der Waals surface area (Å²) in [5, 5.41) is 4.95. The first kappa shape index (κ1) is 15.5. The normalized spacial score (nSPS) is 17.6. The summed E-state index contributed by atoms with van der Waals surface area (Å²) in [6.45, 7) is 5.05. The van der Waals surface area contributed by atoms with Gasteiger partial charge in [-0.2, -0.15) is 0 Å². The van der Waals surface area contributed by atoms with Crippen molar-refractivity contribution < 1.29 is 9.53 Å². The topological polar surface area (TPSA) is 54.5 Å². The van der Waals surface area contributed by atoms with Gasteiger partial charge in [0, 0.05) is 24.9 Å². The Balaban J connectivity index is 1.60. The maximum Gasteiger partial charge on any atom is 0.221 e. The number of thiazole rings is 1. The molecule has 1 N–H and O–H groups in total. The van der Waals surface area contributed by atoms with Crippen LogP contribution in [-0.4, -0.2) is 35.0 Å². The number of carbonyl (C=O) groups excluding carboxylic acids is 1. The number of ether oxygens (including phenoxy) is 1. The van der Waals surface area contributed by atoms with Gasteiger partial charge >= 0.3 is 0 Å². The molecule has 5 nitrogen and oxygen atoms in total. The second-order valence-electron chi connectivity index (χ2n) is 6.47. The van der Waals surface area contributed by atoms with Crippen LogP contribution in [0.1, 0.15) is 17.4 Å². The van der Waals surface area contributed by atoms with Gasteiger partial charge in [0.05, 0.1) is 35.0 Å². The van der Waals surface area contributed by atoms with Gasteiger partial charge in [0.1, 0.15) is 10.0 Å². The Morgan fingerprint density at radius 2 is 2.12 bits per heavy atom. The van der Waals surface area contributed by atoms with E-state index in [1.165, 1.54) is 15.1 Å². The lowest BCUT2D eigenvalue weighted by Crippen LogP contribution is -2.46. The smallest absolute Gasteiger partial charge is 0.221 e. The van der Waals surface area contributed by atoms with Crippen LogP contribution >= 0.6 is 22.7 Å². The number of nitrogens with one attached hydrogen (secondary N) is 1. The summed E-state index contributed by atoms with van der Waals surface area (Å²) >= 11 is 3.38. The Labute approximate surface area is 153 Å². The number of hydrogen-bond acceptors (Lipinski definition) is 6. The molecular weight excluding hydrogens is 354 g/mol. The number of fused-ring (bicyclic) bond motifs is 2. The van der Waals surface area contributed by atoms with Gasteiger partial charge in [0.15, 0.2) is 0 Å². The summed E-state index contributed by atoms with van der Waals surface area (Å²) in [7, 11) is 0. The van der Waals surface area contributed by atoms with Crippen LogP contribution in [0.15, 0.2) is 24.3 Å². The molecule has 0 aliphatic carbocycles. The van der Waals surface area contributed by atoms with Crippen molar-refractivity contribution in [1.82, 2.24) is 9.88 Å². The minimum atomic E-state index is -0.0356. The number of amides is 1. The van der Waals surface area contributed by atoms with E-state index < -0.39 is 0 Å². The average Bonchev–Trinajstić information content (AvgIpc) is 3.16. The zero-order chi connectivity index (χ0) is 17.0. The van der Waals surface area contributed by atoms with Crippen molar-refractivity contribution in [2.24, 2.45) is 0 Å². The number of carbonyl (C=O) groups is 1. The van der Waals surface area contributed by atoms with E-state index >= 15 is 0 Å². The third kappa shape index (κ3) is 2.58. The predicted octanol–water partition coefficient (Wildman–Crippen LogP) is 3.70. The highest BCUT2D eigenvalue weighted by Gasteiger charge is 2.35. The molecule has 1 saturated heterocycles. The van der Waals surface area contributed by atoms with Crippen molar-refractivity contribution >= 4 is 43.8 Å². The Bertz CT molecular complexity index is 941. The van der Waals surface area contributed by atoms with Crippen LogP contribution in [0.3, 0.4) is 0 Å². The first-order valence-electron chi connectivity index (χ1n) is 8.29. The van der Waals surface area contributed by atoms with Crippen molar-refractivity contribution in [2.45, 2.75) is 26.1 Å². The van der Waals surface area contributed by atoms with Crippen LogP contribution in [0.25, 0.3) is 20.8 Å². The van der Waals surface area contributed by atoms with Crippen LogP contribution in [0.2, 0.25) is 0 Å². The van der Waals surface area contributed by atoms with E-state index in [0.29, 0.717) is 6.04 Å². The minimum Gasteiger partial charge on any atom is -0.378 e. The van der Waals surface area contributed by atoms with Gasteiger partial charge in [-0.1, -0.05) is 12.1 Å². The van der Waals surface area contributed by atoms with Crippen molar-refractivity contribution in [3.63, 3.8) is 0 Å². The molecule has 1 fully saturated rings. The molecule has 0 radical (unpaired) electrons. The number of nitrogens with zero attached hydrogens (tertiary/aromatic N) is 2. The molecule has 2 aromatic heterocycles. The second kappa shape index (κ2) is 5.88. The summed E-state index contributed by atoms with van der Waals surface area (Å²) in [5.41, 5.74) is 3.44. The summed E-state index contributed by atoms with van der Waals surface area (Å²) in [4.78, 5) is 20.3. The second-order valence-corrected chi connectivity index (χ2v) is 8.61. The van der Waals surface area contributed by atoms with Gasteiger partial charge in [-0.3, -0.25) is 9.69 Å². The zero-order valence-electron chi connectivity index (χ0n) is 13.7. The largest absolute Gasteiger partial charge is 0.378 e. The van der Waals surface area contributed by atoms with Gasteiger partial charge < -0.3 is 10.1 Å². The predicted molar refractivity (Wildman–Crippen MR) is 101 cm³/mol. The molecule has 0 saturated carbocycles. The lowest BCUT2D eigenvalue weighted by molar-refractivity contribution is -0.114. The molecule has 1 amide bonds. The Morgan fingerprint density at radius 3 is 2.84 bits per heavy atom. The fourth-order valence-corrected chi connectivity index (χ4v) is 5.79. The third-order valence-electron chi connectivity index (χ3n) is 4.73. The van der Waals surface area contributed by atoms with Gasteiger partial charge in [0.2, 0.25) is 5.91 Å². The molecule has 0 bridgehead atoms. The molecule has 0 atom stereocenters.